The monoisotopic (exact) mass is 325 g/mol. The quantitative estimate of drug-likeness (QED) is 0.941. The van der Waals surface area contributed by atoms with Gasteiger partial charge in [-0.3, -0.25) is 9.59 Å². The zero-order valence-electron chi connectivity index (χ0n) is 14.0. The smallest absolute Gasteiger partial charge is 0.253 e. The summed E-state index contributed by atoms with van der Waals surface area (Å²) in [6.45, 7) is 4.59. The highest BCUT2D eigenvalue weighted by molar-refractivity contribution is 5.94. The molecular weight excluding hydrogens is 302 g/mol. The van der Waals surface area contributed by atoms with E-state index in [4.69, 9.17) is 0 Å². The Morgan fingerprint density at radius 2 is 1.71 bits per heavy atom. The van der Waals surface area contributed by atoms with Crippen LogP contribution < -0.4 is 0 Å². The summed E-state index contributed by atoms with van der Waals surface area (Å²) in [5, 5.41) is 0. The topological polar surface area (TPSA) is 56.4 Å². The van der Waals surface area contributed by atoms with Crippen LogP contribution in [0.5, 0.6) is 0 Å². The number of aromatic amines is 1. The number of nitrogens with zero attached hydrogens (tertiary/aromatic N) is 2. The molecule has 126 valence electrons. The highest BCUT2D eigenvalue weighted by Crippen LogP contribution is 2.11. The summed E-state index contributed by atoms with van der Waals surface area (Å²) >= 11 is 0. The number of aromatic nitrogens is 1. The number of carbonyl (C=O) groups excluding carboxylic acids is 2. The second kappa shape index (κ2) is 7.34. The lowest BCUT2D eigenvalue weighted by atomic mass is 10.1. The van der Waals surface area contributed by atoms with Crippen LogP contribution >= 0.6 is 0 Å². The van der Waals surface area contributed by atoms with E-state index < -0.39 is 0 Å². The molecule has 1 aliphatic rings. The van der Waals surface area contributed by atoms with E-state index in [1.165, 1.54) is 0 Å². The first kappa shape index (κ1) is 16.3. The van der Waals surface area contributed by atoms with E-state index in [-0.39, 0.29) is 11.8 Å². The van der Waals surface area contributed by atoms with Crippen LogP contribution in [-0.2, 0) is 11.2 Å². The lowest BCUT2D eigenvalue weighted by Crippen LogP contribution is -2.38. The second-order valence-electron chi connectivity index (χ2n) is 6.26. The third-order valence-corrected chi connectivity index (χ3v) is 4.44. The number of amides is 2. The van der Waals surface area contributed by atoms with Gasteiger partial charge in [-0.1, -0.05) is 17.7 Å². The third kappa shape index (κ3) is 3.85. The number of aryl methyl sites for hydroxylation is 1. The molecule has 1 aromatic heterocycles. The molecule has 0 atom stereocenters. The summed E-state index contributed by atoms with van der Waals surface area (Å²) in [6, 6.07) is 11.5. The zero-order valence-corrected chi connectivity index (χ0v) is 14.0. The van der Waals surface area contributed by atoms with E-state index in [2.05, 4.69) is 4.98 Å². The Balaban J connectivity index is 1.59. The van der Waals surface area contributed by atoms with Gasteiger partial charge in [-0.05, 0) is 37.6 Å². The Hall–Kier alpha value is -2.56. The molecule has 2 aromatic rings. The van der Waals surface area contributed by atoms with Crippen molar-refractivity contribution < 1.29 is 9.59 Å². The highest BCUT2D eigenvalue weighted by atomic mass is 16.2. The summed E-state index contributed by atoms with van der Waals surface area (Å²) in [5.74, 6) is 0.163. The summed E-state index contributed by atoms with van der Waals surface area (Å²) in [6.07, 6.45) is 3.03. The summed E-state index contributed by atoms with van der Waals surface area (Å²) in [7, 11) is 0. The number of rotatable bonds is 3. The third-order valence-electron chi connectivity index (χ3n) is 4.44. The van der Waals surface area contributed by atoms with Gasteiger partial charge in [-0.2, -0.15) is 0 Å². The molecule has 0 radical (unpaired) electrons. The maximum absolute atomic E-state index is 12.6. The maximum atomic E-state index is 12.6. The fourth-order valence-electron chi connectivity index (χ4n) is 3.00. The van der Waals surface area contributed by atoms with Crippen LogP contribution in [0.25, 0.3) is 0 Å². The van der Waals surface area contributed by atoms with Crippen LogP contribution in [0.3, 0.4) is 0 Å². The van der Waals surface area contributed by atoms with Crippen molar-refractivity contribution >= 4 is 11.8 Å². The fraction of sp³-hybridized carbons (Fsp3) is 0.368. The molecule has 2 amide bonds. The van der Waals surface area contributed by atoms with Crippen LogP contribution in [0.4, 0.5) is 0 Å². The van der Waals surface area contributed by atoms with E-state index in [0.717, 1.165) is 17.7 Å². The predicted octanol–water partition coefficient (Wildman–Crippen LogP) is 2.24. The second-order valence-corrected chi connectivity index (χ2v) is 6.26. The molecule has 1 aliphatic heterocycles. The van der Waals surface area contributed by atoms with Crippen molar-refractivity contribution in [2.45, 2.75) is 19.8 Å². The number of nitrogens with one attached hydrogen (secondary N) is 1. The highest BCUT2D eigenvalue weighted by Gasteiger charge is 2.22. The number of hydrogen-bond donors (Lipinski definition) is 1. The molecular formula is C19H23N3O2. The average molecular weight is 325 g/mol. The number of carbonyl (C=O) groups is 2. The molecule has 5 heteroatoms. The molecule has 0 saturated carbocycles. The number of benzene rings is 1. The van der Waals surface area contributed by atoms with Gasteiger partial charge in [0.15, 0.2) is 0 Å². The maximum Gasteiger partial charge on any atom is 0.253 e. The zero-order chi connectivity index (χ0) is 16.9. The molecule has 1 N–H and O–H groups in total. The van der Waals surface area contributed by atoms with Crippen molar-refractivity contribution in [2.24, 2.45) is 0 Å². The van der Waals surface area contributed by atoms with Gasteiger partial charge in [0.05, 0.1) is 6.42 Å². The van der Waals surface area contributed by atoms with Crippen molar-refractivity contribution in [1.29, 1.82) is 0 Å². The van der Waals surface area contributed by atoms with Crippen molar-refractivity contribution in [2.75, 3.05) is 26.2 Å². The summed E-state index contributed by atoms with van der Waals surface area (Å²) in [5.41, 5.74) is 2.78. The minimum Gasteiger partial charge on any atom is -0.365 e. The first-order valence-corrected chi connectivity index (χ1v) is 8.39. The standard InChI is InChI=1S/C19H23N3O2/c1-15-5-7-16(8-6-15)19(24)22-11-3-10-21(12-13-22)18(23)14-17-4-2-9-20-17/h2,4-9,20H,3,10-14H2,1H3. The molecule has 0 spiro atoms. The van der Waals surface area contributed by atoms with Crippen molar-refractivity contribution in [3.05, 3.63) is 59.4 Å². The first-order chi connectivity index (χ1) is 11.6. The largest absolute Gasteiger partial charge is 0.365 e. The normalized spacial score (nSPS) is 15.2. The van der Waals surface area contributed by atoms with Crippen molar-refractivity contribution in [3.8, 4) is 0 Å². The Bertz CT molecular complexity index is 692. The Labute approximate surface area is 142 Å². The molecule has 0 bridgehead atoms. The van der Waals surface area contributed by atoms with E-state index in [1.807, 2.05) is 59.3 Å². The minimum absolute atomic E-state index is 0.0497. The SMILES string of the molecule is Cc1ccc(C(=O)N2CCCN(C(=O)Cc3ccc[nH]3)CC2)cc1. The van der Waals surface area contributed by atoms with Crippen LogP contribution in [0.2, 0.25) is 0 Å². The van der Waals surface area contributed by atoms with Gasteiger partial charge in [0.2, 0.25) is 5.91 Å². The predicted molar refractivity (Wildman–Crippen MR) is 92.8 cm³/mol. The fourth-order valence-corrected chi connectivity index (χ4v) is 3.00. The molecule has 1 aromatic carbocycles. The van der Waals surface area contributed by atoms with Gasteiger partial charge in [-0.25, -0.2) is 0 Å². The van der Waals surface area contributed by atoms with Crippen molar-refractivity contribution in [3.63, 3.8) is 0 Å². The Morgan fingerprint density at radius 3 is 2.42 bits per heavy atom. The average Bonchev–Trinajstić information content (AvgIpc) is 2.96. The van der Waals surface area contributed by atoms with Gasteiger partial charge < -0.3 is 14.8 Å². The molecule has 3 rings (SSSR count). The summed E-state index contributed by atoms with van der Waals surface area (Å²) < 4.78 is 0. The van der Waals surface area contributed by atoms with Crippen LogP contribution in [0.1, 0.15) is 28.0 Å². The molecule has 2 heterocycles. The van der Waals surface area contributed by atoms with E-state index >= 15 is 0 Å². The van der Waals surface area contributed by atoms with Crippen LogP contribution in [0, 0.1) is 6.92 Å². The molecule has 0 unspecified atom stereocenters. The first-order valence-electron chi connectivity index (χ1n) is 8.39. The molecule has 1 fully saturated rings. The van der Waals surface area contributed by atoms with Gasteiger partial charge in [-0.15, -0.1) is 0 Å². The van der Waals surface area contributed by atoms with Crippen molar-refractivity contribution in [1.82, 2.24) is 14.8 Å². The van der Waals surface area contributed by atoms with E-state index in [0.29, 0.717) is 38.2 Å². The Morgan fingerprint density at radius 1 is 1.00 bits per heavy atom. The Kier molecular flexibility index (Phi) is 4.99. The lowest BCUT2D eigenvalue weighted by molar-refractivity contribution is -0.130. The van der Waals surface area contributed by atoms with Gasteiger partial charge >= 0.3 is 0 Å². The molecule has 5 nitrogen and oxygen atoms in total. The van der Waals surface area contributed by atoms with Gasteiger partial charge in [0, 0.05) is 43.6 Å². The van der Waals surface area contributed by atoms with Gasteiger partial charge in [0.25, 0.3) is 5.91 Å². The minimum atomic E-state index is 0.0497. The number of H-pyrrole nitrogens is 1. The number of hydrogen-bond acceptors (Lipinski definition) is 2. The molecule has 0 aliphatic carbocycles. The van der Waals surface area contributed by atoms with Crippen LogP contribution in [-0.4, -0.2) is 52.8 Å². The van der Waals surface area contributed by atoms with Crippen LogP contribution in [0.15, 0.2) is 42.6 Å². The van der Waals surface area contributed by atoms with Gasteiger partial charge in [0.1, 0.15) is 0 Å². The lowest BCUT2D eigenvalue weighted by Gasteiger charge is -2.22. The molecule has 24 heavy (non-hydrogen) atoms. The molecule has 1 saturated heterocycles. The summed E-state index contributed by atoms with van der Waals surface area (Å²) in [4.78, 5) is 31.8. The van der Waals surface area contributed by atoms with E-state index in [9.17, 15) is 9.59 Å². The van der Waals surface area contributed by atoms with E-state index in [1.54, 1.807) is 0 Å².